The highest BCUT2D eigenvalue weighted by Crippen LogP contribution is 2.44. The lowest BCUT2D eigenvalue weighted by molar-refractivity contribution is -0.122. The Bertz CT molecular complexity index is 1160. The largest absolute Gasteiger partial charge is 0.325 e. The molecule has 31 heavy (non-hydrogen) atoms. The zero-order valence-electron chi connectivity index (χ0n) is 16.1. The Kier molecular flexibility index (Phi) is 5.71. The number of thiocarbonyl (C=S) groups is 1. The monoisotopic (exact) mass is 453 g/mol. The Morgan fingerprint density at radius 1 is 1.10 bits per heavy atom. The highest BCUT2D eigenvalue weighted by Gasteiger charge is 2.42. The molecule has 2 aromatic carbocycles. The summed E-state index contributed by atoms with van der Waals surface area (Å²) in [6, 6.07) is 12.3. The number of amides is 3. The Morgan fingerprint density at radius 3 is 2.52 bits per heavy atom. The summed E-state index contributed by atoms with van der Waals surface area (Å²) in [7, 11) is 0. The lowest BCUT2D eigenvalue weighted by atomic mass is 10.1. The molecule has 0 spiro atoms. The van der Waals surface area contributed by atoms with Crippen LogP contribution >= 0.6 is 24.0 Å². The summed E-state index contributed by atoms with van der Waals surface area (Å²) in [5, 5.41) is 2.64. The second kappa shape index (κ2) is 8.44. The molecule has 2 aliphatic heterocycles. The van der Waals surface area contributed by atoms with Crippen molar-refractivity contribution in [3.05, 3.63) is 77.5 Å². The minimum absolute atomic E-state index is 0.231. The molecule has 1 N–H and O–H groups in total. The quantitative estimate of drug-likeness (QED) is 0.426. The molecule has 1 fully saturated rings. The van der Waals surface area contributed by atoms with E-state index in [1.54, 1.807) is 30.3 Å². The van der Waals surface area contributed by atoms with Crippen molar-refractivity contribution >= 4 is 63.0 Å². The minimum Gasteiger partial charge on any atom is -0.325 e. The van der Waals surface area contributed by atoms with Gasteiger partial charge in [0.2, 0.25) is 5.91 Å². The van der Waals surface area contributed by atoms with Crippen LogP contribution in [0.5, 0.6) is 0 Å². The Labute approximate surface area is 187 Å². The van der Waals surface area contributed by atoms with Crippen LogP contribution in [0.3, 0.4) is 0 Å². The van der Waals surface area contributed by atoms with Gasteiger partial charge in [-0.1, -0.05) is 48.3 Å². The maximum Gasteiger partial charge on any atom is 0.267 e. The lowest BCUT2D eigenvalue weighted by Crippen LogP contribution is -2.35. The summed E-state index contributed by atoms with van der Waals surface area (Å²) in [4.78, 5) is 41.7. The second-order valence-electron chi connectivity index (χ2n) is 6.74. The first-order valence-corrected chi connectivity index (χ1v) is 10.5. The van der Waals surface area contributed by atoms with E-state index in [9.17, 15) is 18.8 Å². The average Bonchev–Trinajstić information content (AvgIpc) is 3.18. The van der Waals surface area contributed by atoms with Crippen LogP contribution in [-0.2, 0) is 14.4 Å². The molecular formula is C22H16FN3O3S2. The zero-order chi connectivity index (χ0) is 22.1. The molecule has 2 aliphatic rings. The number of nitrogens with one attached hydrogen (secondary N) is 1. The molecule has 0 unspecified atom stereocenters. The Hall–Kier alpha value is -3.30. The van der Waals surface area contributed by atoms with Gasteiger partial charge in [-0.25, -0.2) is 4.39 Å². The molecule has 0 radical (unpaired) electrons. The highest BCUT2D eigenvalue weighted by molar-refractivity contribution is 8.26. The molecule has 9 heteroatoms. The van der Waals surface area contributed by atoms with Crippen molar-refractivity contribution < 1.29 is 18.8 Å². The Balaban J connectivity index is 1.64. The highest BCUT2D eigenvalue weighted by atomic mass is 32.2. The molecule has 4 rings (SSSR count). The van der Waals surface area contributed by atoms with Crippen molar-refractivity contribution in [2.75, 3.05) is 23.3 Å². The van der Waals surface area contributed by atoms with Crippen molar-refractivity contribution in [2.24, 2.45) is 0 Å². The van der Waals surface area contributed by atoms with Crippen LogP contribution in [0.1, 0.15) is 5.56 Å². The number of carbonyl (C=O) groups is 3. The second-order valence-corrected chi connectivity index (χ2v) is 8.38. The third kappa shape index (κ3) is 3.89. The fourth-order valence-electron chi connectivity index (χ4n) is 3.37. The van der Waals surface area contributed by atoms with Gasteiger partial charge in [0.15, 0.2) is 0 Å². The van der Waals surface area contributed by atoms with Crippen LogP contribution in [0, 0.1) is 5.82 Å². The van der Waals surface area contributed by atoms with E-state index < -0.39 is 17.6 Å². The van der Waals surface area contributed by atoms with Crippen LogP contribution in [0.25, 0.3) is 5.57 Å². The normalized spacial score (nSPS) is 17.9. The molecule has 0 atom stereocenters. The average molecular weight is 454 g/mol. The van der Waals surface area contributed by atoms with Crippen LogP contribution in [0.2, 0.25) is 0 Å². The summed E-state index contributed by atoms with van der Waals surface area (Å²) >= 11 is 6.35. The number of benzene rings is 2. The molecule has 0 saturated carbocycles. The van der Waals surface area contributed by atoms with Gasteiger partial charge >= 0.3 is 0 Å². The van der Waals surface area contributed by atoms with Crippen LogP contribution in [0.15, 0.2) is 66.1 Å². The minimum atomic E-state index is -0.449. The van der Waals surface area contributed by atoms with Crippen molar-refractivity contribution in [2.45, 2.75) is 0 Å². The standard InChI is InChI=1S/C22H16FN3O3S2/c1-2-11-25-21(29)19(31-22(25)30)18-15-5-3-4-6-16(15)26(20(18)28)12-17(27)24-14-9-7-13(23)8-10-14/h2-10H,1,11-12H2,(H,24,27)/b19-18+. The van der Waals surface area contributed by atoms with Gasteiger partial charge in [-0.05, 0) is 30.3 Å². The number of nitrogens with zero attached hydrogens (tertiary/aromatic N) is 2. The molecule has 1 saturated heterocycles. The van der Waals surface area contributed by atoms with E-state index in [2.05, 4.69) is 11.9 Å². The summed E-state index contributed by atoms with van der Waals surface area (Å²) in [6.07, 6.45) is 1.56. The molecule has 0 aliphatic carbocycles. The first kappa shape index (κ1) is 21.0. The molecule has 156 valence electrons. The van der Waals surface area contributed by atoms with Gasteiger partial charge in [0, 0.05) is 17.8 Å². The number of anilines is 2. The number of hydrogen-bond donors (Lipinski definition) is 1. The molecule has 2 heterocycles. The summed E-state index contributed by atoms with van der Waals surface area (Å²) in [6.45, 7) is 3.62. The van der Waals surface area contributed by atoms with Crippen LogP contribution < -0.4 is 10.2 Å². The maximum absolute atomic E-state index is 13.3. The van der Waals surface area contributed by atoms with Gasteiger partial charge in [-0.2, -0.15) is 0 Å². The van der Waals surface area contributed by atoms with Gasteiger partial charge in [0.05, 0.1) is 16.2 Å². The first-order valence-electron chi connectivity index (χ1n) is 9.26. The van der Waals surface area contributed by atoms with Crippen molar-refractivity contribution in [1.29, 1.82) is 0 Å². The van der Waals surface area contributed by atoms with E-state index >= 15 is 0 Å². The molecule has 2 aromatic rings. The van der Waals surface area contributed by atoms with E-state index in [1.807, 2.05) is 0 Å². The Morgan fingerprint density at radius 2 is 1.81 bits per heavy atom. The van der Waals surface area contributed by atoms with E-state index in [0.717, 1.165) is 11.8 Å². The van der Waals surface area contributed by atoms with Gasteiger partial charge in [0.25, 0.3) is 11.8 Å². The molecule has 3 amide bonds. The third-order valence-corrected chi connectivity index (χ3v) is 6.19. The van der Waals surface area contributed by atoms with E-state index in [1.165, 1.54) is 34.1 Å². The fraction of sp³-hybridized carbons (Fsp3) is 0.0909. The van der Waals surface area contributed by atoms with Crippen molar-refractivity contribution in [3.63, 3.8) is 0 Å². The number of hydrogen-bond acceptors (Lipinski definition) is 5. The smallest absolute Gasteiger partial charge is 0.267 e. The predicted molar refractivity (Wildman–Crippen MR) is 123 cm³/mol. The number of fused-ring (bicyclic) bond motifs is 1. The molecule has 6 nitrogen and oxygen atoms in total. The third-order valence-electron chi connectivity index (χ3n) is 4.74. The van der Waals surface area contributed by atoms with Crippen LogP contribution in [-0.4, -0.2) is 40.0 Å². The van der Waals surface area contributed by atoms with Gasteiger partial charge in [0.1, 0.15) is 16.7 Å². The van der Waals surface area contributed by atoms with E-state index in [0.29, 0.717) is 21.3 Å². The summed E-state index contributed by atoms with van der Waals surface area (Å²) < 4.78 is 13.4. The van der Waals surface area contributed by atoms with Crippen molar-refractivity contribution in [1.82, 2.24) is 4.90 Å². The lowest BCUT2D eigenvalue weighted by Gasteiger charge is -2.16. The fourth-order valence-corrected chi connectivity index (χ4v) is 4.72. The van der Waals surface area contributed by atoms with E-state index in [4.69, 9.17) is 12.2 Å². The van der Waals surface area contributed by atoms with Crippen LogP contribution in [0.4, 0.5) is 15.8 Å². The predicted octanol–water partition coefficient (Wildman–Crippen LogP) is 3.57. The number of para-hydroxylation sites is 1. The molecular weight excluding hydrogens is 437 g/mol. The number of carbonyl (C=O) groups excluding carboxylic acids is 3. The SMILES string of the molecule is C=CCN1C(=O)/C(=C2\C(=O)N(CC(=O)Nc3ccc(F)cc3)c3ccccc32)SC1=S. The zero-order valence-corrected chi connectivity index (χ0v) is 17.8. The first-order chi connectivity index (χ1) is 14.9. The van der Waals surface area contributed by atoms with Crippen molar-refractivity contribution in [3.8, 4) is 0 Å². The summed E-state index contributed by atoms with van der Waals surface area (Å²) in [5.74, 6) is -1.67. The summed E-state index contributed by atoms with van der Waals surface area (Å²) in [5.41, 5.74) is 1.75. The topological polar surface area (TPSA) is 69.7 Å². The molecule has 0 aromatic heterocycles. The molecule has 0 bridgehead atoms. The van der Waals surface area contributed by atoms with E-state index in [-0.39, 0.29) is 29.5 Å². The maximum atomic E-state index is 13.3. The van der Waals surface area contributed by atoms with Gasteiger partial charge < -0.3 is 5.32 Å². The van der Waals surface area contributed by atoms with Gasteiger partial charge in [-0.15, -0.1) is 6.58 Å². The number of halogens is 1. The van der Waals surface area contributed by atoms with Gasteiger partial charge in [-0.3, -0.25) is 24.2 Å². The number of thioether (sulfide) groups is 1. The number of rotatable bonds is 5.